The van der Waals surface area contributed by atoms with E-state index in [1.54, 1.807) is 5.19 Å². The van der Waals surface area contributed by atoms with Gasteiger partial charge in [0.1, 0.15) is 0 Å². The first-order valence-electron chi connectivity index (χ1n) is 6.53. The van der Waals surface area contributed by atoms with Crippen LogP contribution in [0, 0.1) is 0 Å². The summed E-state index contributed by atoms with van der Waals surface area (Å²) >= 11 is 0. The second kappa shape index (κ2) is 5.19. The summed E-state index contributed by atoms with van der Waals surface area (Å²) in [4.78, 5) is 0. The third-order valence-electron chi connectivity index (χ3n) is 3.42. The van der Waals surface area contributed by atoms with Gasteiger partial charge in [0.25, 0.3) is 0 Å². The zero-order chi connectivity index (χ0) is 12.3. The van der Waals surface area contributed by atoms with E-state index in [9.17, 15) is 0 Å². The molecule has 1 aliphatic rings. The zero-order valence-electron chi connectivity index (χ0n) is 11.2. The fourth-order valence-electron chi connectivity index (χ4n) is 2.17. The van der Waals surface area contributed by atoms with E-state index < -0.39 is 8.07 Å². The molecule has 0 fully saturated rings. The van der Waals surface area contributed by atoms with Crippen LogP contribution >= 0.6 is 0 Å². The topological polar surface area (TPSA) is 12.0 Å². The van der Waals surface area contributed by atoms with Gasteiger partial charge >= 0.3 is 0 Å². The molecular formula is C15H23NSi. The van der Waals surface area contributed by atoms with E-state index in [0.717, 1.165) is 6.54 Å². The van der Waals surface area contributed by atoms with Crippen molar-refractivity contribution in [2.45, 2.75) is 45.1 Å². The Morgan fingerprint density at radius 3 is 2.18 bits per heavy atom. The summed E-state index contributed by atoms with van der Waals surface area (Å²) in [7, 11) is -1.14. The Morgan fingerprint density at radius 1 is 1.06 bits per heavy atom. The highest BCUT2D eigenvalue weighted by atomic mass is 28.3. The SMILES string of the molecule is C[Si](C)(C)c1ccc(CNC2CC=CC2)cc1. The Balaban J connectivity index is 1.89. The average molecular weight is 245 g/mol. The molecule has 0 aromatic heterocycles. The molecule has 0 aliphatic heterocycles. The Hall–Kier alpha value is -0.863. The molecule has 1 nitrogen and oxygen atoms in total. The minimum atomic E-state index is -1.14. The smallest absolute Gasteiger partial charge is 0.0775 e. The van der Waals surface area contributed by atoms with Gasteiger partial charge in [-0.05, 0) is 18.4 Å². The van der Waals surface area contributed by atoms with Gasteiger partial charge in [0.15, 0.2) is 0 Å². The Labute approximate surface area is 106 Å². The molecule has 0 radical (unpaired) electrons. The molecule has 0 saturated heterocycles. The van der Waals surface area contributed by atoms with Gasteiger partial charge in [-0.1, -0.05) is 61.2 Å². The standard InChI is InChI=1S/C15H23NSi/c1-17(2,3)15-10-8-13(9-11-15)12-16-14-6-4-5-7-14/h4-5,8-11,14,16H,6-7,12H2,1-3H3. The highest BCUT2D eigenvalue weighted by Crippen LogP contribution is 2.10. The lowest BCUT2D eigenvalue weighted by molar-refractivity contribution is 0.538. The molecule has 92 valence electrons. The van der Waals surface area contributed by atoms with Crippen molar-refractivity contribution in [3.05, 3.63) is 42.0 Å². The van der Waals surface area contributed by atoms with Crippen LogP contribution in [-0.4, -0.2) is 14.1 Å². The Kier molecular flexibility index (Phi) is 3.85. The summed E-state index contributed by atoms with van der Waals surface area (Å²) in [5.74, 6) is 0. The highest BCUT2D eigenvalue weighted by molar-refractivity contribution is 6.88. The maximum absolute atomic E-state index is 3.60. The van der Waals surface area contributed by atoms with Gasteiger partial charge in [-0.3, -0.25) is 0 Å². The Morgan fingerprint density at radius 2 is 1.65 bits per heavy atom. The maximum atomic E-state index is 3.60. The Bertz CT molecular complexity index is 378. The fourth-order valence-corrected chi connectivity index (χ4v) is 3.34. The number of rotatable bonds is 4. The van der Waals surface area contributed by atoms with Crippen molar-refractivity contribution >= 4 is 13.3 Å². The van der Waals surface area contributed by atoms with Crippen molar-refractivity contribution in [2.75, 3.05) is 0 Å². The van der Waals surface area contributed by atoms with Gasteiger partial charge in [0.05, 0.1) is 8.07 Å². The predicted molar refractivity (Wildman–Crippen MR) is 78.4 cm³/mol. The molecular weight excluding hydrogens is 222 g/mol. The van der Waals surface area contributed by atoms with Crippen molar-refractivity contribution in [1.29, 1.82) is 0 Å². The van der Waals surface area contributed by atoms with E-state index in [0.29, 0.717) is 6.04 Å². The first-order chi connectivity index (χ1) is 8.05. The lowest BCUT2D eigenvalue weighted by atomic mass is 10.2. The number of hydrogen-bond donors (Lipinski definition) is 1. The first-order valence-corrected chi connectivity index (χ1v) is 10.0. The van der Waals surface area contributed by atoms with Gasteiger partial charge in [-0.15, -0.1) is 0 Å². The van der Waals surface area contributed by atoms with Crippen molar-refractivity contribution < 1.29 is 0 Å². The van der Waals surface area contributed by atoms with Crippen LogP contribution in [-0.2, 0) is 6.54 Å². The van der Waals surface area contributed by atoms with Crippen LogP contribution in [0.4, 0.5) is 0 Å². The van der Waals surface area contributed by atoms with Crippen molar-refractivity contribution in [2.24, 2.45) is 0 Å². The van der Waals surface area contributed by atoms with Crippen LogP contribution < -0.4 is 10.5 Å². The van der Waals surface area contributed by atoms with E-state index in [1.807, 2.05) is 0 Å². The molecule has 0 atom stereocenters. The van der Waals surface area contributed by atoms with Crippen LogP contribution in [0.25, 0.3) is 0 Å². The maximum Gasteiger partial charge on any atom is 0.0775 e. The van der Waals surface area contributed by atoms with Crippen LogP contribution in [0.3, 0.4) is 0 Å². The van der Waals surface area contributed by atoms with Gasteiger partial charge in [-0.25, -0.2) is 0 Å². The first kappa shape index (κ1) is 12.6. The van der Waals surface area contributed by atoms with Crippen molar-refractivity contribution in [3.8, 4) is 0 Å². The second-order valence-electron chi connectivity index (χ2n) is 5.97. The number of hydrogen-bond acceptors (Lipinski definition) is 1. The van der Waals surface area contributed by atoms with E-state index in [4.69, 9.17) is 0 Å². The van der Waals surface area contributed by atoms with E-state index in [2.05, 4.69) is 61.4 Å². The molecule has 0 unspecified atom stereocenters. The summed E-state index contributed by atoms with van der Waals surface area (Å²) in [5.41, 5.74) is 1.40. The number of benzene rings is 1. The second-order valence-corrected chi connectivity index (χ2v) is 11.0. The van der Waals surface area contributed by atoms with Gasteiger partial charge in [0.2, 0.25) is 0 Å². The summed E-state index contributed by atoms with van der Waals surface area (Å²) in [6.45, 7) is 8.18. The quantitative estimate of drug-likeness (QED) is 0.635. The third-order valence-corrected chi connectivity index (χ3v) is 5.49. The third kappa shape index (κ3) is 3.55. The van der Waals surface area contributed by atoms with Crippen LogP contribution in [0.5, 0.6) is 0 Å². The molecule has 2 heteroatoms. The summed E-state index contributed by atoms with van der Waals surface area (Å²) in [5, 5.41) is 5.15. The van der Waals surface area contributed by atoms with Gasteiger partial charge in [0, 0.05) is 12.6 Å². The summed E-state index contributed by atoms with van der Waals surface area (Å²) in [6.07, 6.45) is 6.91. The lowest BCUT2D eigenvalue weighted by Crippen LogP contribution is -2.37. The molecule has 0 bridgehead atoms. The van der Waals surface area contributed by atoms with Crippen LogP contribution in [0.15, 0.2) is 36.4 Å². The highest BCUT2D eigenvalue weighted by Gasteiger charge is 2.15. The minimum Gasteiger partial charge on any atom is -0.309 e. The molecule has 0 saturated carbocycles. The molecule has 1 aliphatic carbocycles. The molecule has 1 aromatic carbocycles. The van der Waals surface area contributed by atoms with Crippen LogP contribution in [0.1, 0.15) is 18.4 Å². The monoisotopic (exact) mass is 245 g/mol. The zero-order valence-corrected chi connectivity index (χ0v) is 12.2. The molecule has 0 heterocycles. The van der Waals surface area contributed by atoms with Crippen LogP contribution in [0.2, 0.25) is 19.6 Å². The van der Waals surface area contributed by atoms with E-state index in [-0.39, 0.29) is 0 Å². The molecule has 1 N–H and O–H groups in total. The predicted octanol–water partition coefficient (Wildman–Crippen LogP) is 3.04. The summed E-state index contributed by atoms with van der Waals surface area (Å²) < 4.78 is 0. The van der Waals surface area contributed by atoms with Gasteiger partial charge in [-0.2, -0.15) is 0 Å². The lowest BCUT2D eigenvalue weighted by Gasteiger charge is -2.17. The molecule has 0 spiro atoms. The van der Waals surface area contributed by atoms with Gasteiger partial charge < -0.3 is 5.32 Å². The molecule has 0 amide bonds. The normalized spacial score (nSPS) is 16.6. The number of nitrogens with one attached hydrogen (secondary N) is 1. The fraction of sp³-hybridized carbons (Fsp3) is 0.467. The molecule has 2 rings (SSSR count). The van der Waals surface area contributed by atoms with E-state index in [1.165, 1.54) is 18.4 Å². The molecule has 17 heavy (non-hydrogen) atoms. The van der Waals surface area contributed by atoms with Crippen molar-refractivity contribution in [1.82, 2.24) is 5.32 Å². The average Bonchev–Trinajstić information content (AvgIpc) is 2.78. The minimum absolute atomic E-state index is 0.659. The largest absolute Gasteiger partial charge is 0.309 e. The molecule has 1 aromatic rings. The summed E-state index contributed by atoms with van der Waals surface area (Å²) in [6, 6.07) is 9.85. The van der Waals surface area contributed by atoms with Crippen molar-refractivity contribution in [3.63, 3.8) is 0 Å². The van der Waals surface area contributed by atoms with E-state index >= 15 is 0 Å².